The Morgan fingerprint density at radius 3 is 3.10 bits per heavy atom. The molecule has 10 heavy (non-hydrogen) atoms. The molecule has 1 rings (SSSR count). The maximum atomic E-state index is 8.35. The lowest BCUT2D eigenvalue weighted by atomic mass is 9.97. The second-order valence-electron chi connectivity index (χ2n) is 2.62. The van der Waals surface area contributed by atoms with E-state index in [1.807, 2.05) is 0 Å². The van der Waals surface area contributed by atoms with Gasteiger partial charge in [0.25, 0.3) is 0 Å². The maximum absolute atomic E-state index is 8.35. The van der Waals surface area contributed by atoms with Gasteiger partial charge < -0.3 is 9.84 Å². The van der Waals surface area contributed by atoms with Gasteiger partial charge in [0, 0.05) is 5.92 Å². The van der Waals surface area contributed by atoms with Gasteiger partial charge in [-0.05, 0) is 19.3 Å². The minimum absolute atomic E-state index is 0.148. The zero-order valence-corrected chi connectivity index (χ0v) is 6.12. The quantitative estimate of drug-likeness (QED) is 0.475. The number of ether oxygens (including phenoxy) is 1. The summed E-state index contributed by atoms with van der Waals surface area (Å²) in [5.41, 5.74) is 0. The first-order valence-corrected chi connectivity index (χ1v) is 3.78. The number of allylic oxidation sites excluding steroid dienone is 1. The Bertz CT molecular complexity index is 110. The molecule has 0 aliphatic heterocycles. The standard InChI is InChI=1S/C8H14O2/c9-7-10-6-8-4-2-1-3-5-8/h2,4,8-9H,1,3,5-7H2. The molecule has 0 spiro atoms. The summed E-state index contributed by atoms with van der Waals surface area (Å²) in [5.74, 6) is 0.542. The molecule has 2 nitrogen and oxygen atoms in total. The van der Waals surface area contributed by atoms with E-state index in [1.54, 1.807) is 0 Å². The third-order valence-electron chi connectivity index (χ3n) is 1.78. The molecule has 2 heteroatoms. The molecule has 58 valence electrons. The van der Waals surface area contributed by atoms with E-state index >= 15 is 0 Å². The number of rotatable bonds is 3. The molecule has 0 aromatic heterocycles. The molecular formula is C8H14O2. The maximum Gasteiger partial charge on any atom is 0.143 e. The second kappa shape index (κ2) is 4.47. The highest BCUT2D eigenvalue weighted by molar-refractivity contribution is 4.92. The fourth-order valence-corrected chi connectivity index (χ4v) is 1.23. The van der Waals surface area contributed by atoms with E-state index in [-0.39, 0.29) is 6.79 Å². The molecule has 0 aromatic rings. The highest BCUT2D eigenvalue weighted by Crippen LogP contribution is 2.16. The van der Waals surface area contributed by atoms with Crippen LogP contribution in [0.4, 0.5) is 0 Å². The van der Waals surface area contributed by atoms with E-state index in [9.17, 15) is 0 Å². The molecule has 0 bridgehead atoms. The molecule has 0 saturated heterocycles. The normalized spacial score (nSPS) is 25.1. The van der Waals surface area contributed by atoms with Crippen molar-refractivity contribution in [3.63, 3.8) is 0 Å². The van der Waals surface area contributed by atoms with E-state index in [4.69, 9.17) is 9.84 Å². The molecule has 1 atom stereocenters. The zero-order valence-electron chi connectivity index (χ0n) is 6.12. The van der Waals surface area contributed by atoms with Gasteiger partial charge in [-0.3, -0.25) is 0 Å². The van der Waals surface area contributed by atoms with Crippen molar-refractivity contribution in [2.24, 2.45) is 5.92 Å². The lowest BCUT2D eigenvalue weighted by Crippen LogP contribution is -2.09. The molecule has 0 aromatic carbocycles. The van der Waals surface area contributed by atoms with Crippen LogP contribution in [-0.2, 0) is 4.74 Å². The largest absolute Gasteiger partial charge is 0.371 e. The molecule has 0 radical (unpaired) electrons. The molecule has 0 saturated carbocycles. The summed E-state index contributed by atoms with van der Waals surface area (Å²) in [4.78, 5) is 0. The van der Waals surface area contributed by atoms with Gasteiger partial charge in [0.2, 0.25) is 0 Å². The van der Waals surface area contributed by atoms with Crippen molar-refractivity contribution < 1.29 is 9.84 Å². The number of aliphatic hydroxyl groups excluding tert-OH is 1. The predicted molar refractivity (Wildman–Crippen MR) is 39.5 cm³/mol. The highest BCUT2D eigenvalue weighted by Gasteiger charge is 2.06. The van der Waals surface area contributed by atoms with Crippen LogP contribution in [-0.4, -0.2) is 18.5 Å². The van der Waals surface area contributed by atoms with Crippen molar-refractivity contribution in [1.29, 1.82) is 0 Å². The summed E-state index contributed by atoms with van der Waals surface area (Å²) >= 11 is 0. The van der Waals surface area contributed by atoms with Crippen LogP contribution in [0, 0.1) is 5.92 Å². The Morgan fingerprint density at radius 1 is 1.60 bits per heavy atom. The van der Waals surface area contributed by atoms with Crippen molar-refractivity contribution in [2.75, 3.05) is 13.4 Å². The number of hydrogen-bond donors (Lipinski definition) is 1. The number of hydrogen-bond acceptors (Lipinski definition) is 2. The SMILES string of the molecule is OCOCC1C=CCCC1. The average molecular weight is 142 g/mol. The van der Waals surface area contributed by atoms with Gasteiger partial charge in [0.05, 0.1) is 6.61 Å². The van der Waals surface area contributed by atoms with Crippen molar-refractivity contribution in [2.45, 2.75) is 19.3 Å². The Kier molecular flexibility index (Phi) is 3.47. The highest BCUT2D eigenvalue weighted by atomic mass is 16.6. The lowest BCUT2D eigenvalue weighted by Gasteiger charge is -2.14. The summed E-state index contributed by atoms with van der Waals surface area (Å²) in [6.45, 7) is 0.525. The smallest absolute Gasteiger partial charge is 0.143 e. The summed E-state index contributed by atoms with van der Waals surface area (Å²) in [7, 11) is 0. The Morgan fingerprint density at radius 2 is 2.50 bits per heavy atom. The van der Waals surface area contributed by atoms with Gasteiger partial charge in [-0.25, -0.2) is 0 Å². The first-order chi connectivity index (χ1) is 4.93. The molecule has 0 heterocycles. The van der Waals surface area contributed by atoms with E-state index < -0.39 is 0 Å². The molecule has 0 amide bonds. The van der Waals surface area contributed by atoms with E-state index in [0.717, 1.165) is 0 Å². The van der Waals surface area contributed by atoms with Crippen LogP contribution in [0.1, 0.15) is 19.3 Å². The van der Waals surface area contributed by atoms with Crippen molar-refractivity contribution in [3.05, 3.63) is 12.2 Å². The topological polar surface area (TPSA) is 29.5 Å². The van der Waals surface area contributed by atoms with E-state index in [2.05, 4.69) is 12.2 Å². The third-order valence-corrected chi connectivity index (χ3v) is 1.78. The van der Waals surface area contributed by atoms with Crippen molar-refractivity contribution >= 4 is 0 Å². The zero-order chi connectivity index (χ0) is 7.23. The Labute approximate surface area is 61.5 Å². The van der Waals surface area contributed by atoms with Gasteiger partial charge in [-0.2, -0.15) is 0 Å². The van der Waals surface area contributed by atoms with Gasteiger partial charge >= 0.3 is 0 Å². The fourth-order valence-electron chi connectivity index (χ4n) is 1.23. The molecule has 1 N–H and O–H groups in total. The van der Waals surface area contributed by atoms with Gasteiger partial charge in [0.15, 0.2) is 0 Å². The predicted octanol–water partition coefficient (Wildman–Crippen LogP) is 1.31. The Balaban J connectivity index is 2.13. The molecule has 1 aliphatic rings. The van der Waals surface area contributed by atoms with Gasteiger partial charge in [-0.1, -0.05) is 12.2 Å². The third kappa shape index (κ3) is 2.50. The summed E-state index contributed by atoms with van der Waals surface area (Å²) in [6.07, 6.45) is 8.04. The molecule has 1 aliphatic carbocycles. The van der Waals surface area contributed by atoms with Crippen LogP contribution in [0.15, 0.2) is 12.2 Å². The second-order valence-corrected chi connectivity index (χ2v) is 2.62. The van der Waals surface area contributed by atoms with Crippen LogP contribution >= 0.6 is 0 Å². The summed E-state index contributed by atoms with van der Waals surface area (Å²) in [6, 6.07) is 0. The Hall–Kier alpha value is -0.340. The van der Waals surface area contributed by atoms with Crippen molar-refractivity contribution in [3.8, 4) is 0 Å². The average Bonchev–Trinajstić information content (AvgIpc) is 2.03. The first-order valence-electron chi connectivity index (χ1n) is 3.78. The van der Waals surface area contributed by atoms with Crippen LogP contribution in [0.25, 0.3) is 0 Å². The van der Waals surface area contributed by atoms with E-state index in [1.165, 1.54) is 19.3 Å². The van der Waals surface area contributed by atoms with Crippen LogP contribution in [0.5, 0.6) is 0 Å². The fraction of sp³-hybridized carbons (Fsp3) is 0.750. The summed E-state index contributed by atoms with van der Waals surface area (Å²) in [5, 5.41) is 8.35. The number of aliphatic hydroxyl groups is 1. The van der Waals surface area contributed by atoms with Crippen LogP contribution < -0.4 is 0 Å². The molecule has 1 unspecified atom stereocenters. The monoisotopic (exact) mass is 142 g/mol. The molecule has 0 fully saturated rings. The van der Waals surface area contributed by atoms with Crippen LogP contribution in [0.2, 0.25) is 0 Å². The first kappa shape index (κ1) is 7.76. The molecular weight excluding hydrogens is 128 g/mol. The van der Waals surface area contributed by atoms with Gasteiger partial charge in [0.1, 0.15) is 6.79 Å². The minimum Gasteiger partial charge on any atom is -0.371 e. The van der Waals surface area contributed by atoms with Gasteiger partial charge in [-0.15, -0.1) is 0 Å². The minimum atomic E-state index is -0.148. The summed E-state index contributed by atoms with van der Waals surface area (Å²) < 4.78 is 4.88. The van der Waals surface area contributed by atoms with Crippen molar-refractivity contribution in [1.82, 2.24) is 0 Å². The van der Waals surface area contributed by atoms with Crippen LogP contribution in [0.3, 0.4) is 0 Å². The lowest BCUT2D eigenvalue weighted by molar-refractivity contribution is -0.0131. The van der Waals surface area contributed by atoms with E-state index in [0.29, 0.717) is 12.5 Å².